The van der Waals surface area contributed by atoms with Gasteiger partial charge in [-0.3, -0.25) is 9.59 Å². The average molecular weight is 269 g/mol. The topological polar surface area (TPSA) is 84.2 Å². The highest BCUT2D eigenvalue weighted by atomic mass is 16.2. The summed E-state index contributed by atoms with van der Waals surface area (Å²) in [6, 6.07) is 0.179. The van der Waals surface area contributed by atoms with Crippen LogP contribution in [0.5, 0.6) is 0 Å². The molecule has 3 unspecified atom stereocenters. The third-order valence-corrected chi connectivity index (χ3v) is 4.62. The van der Waals surface area contributed by atoms with Gasteiger partial charge in [0.25, 0.3) is 0 Å². The molecule has 0 aromatic rings. The number of carbonyl (C=O) groups is 2. The molecule has 0 heterocycles. The molecular weight excluding hydrogens is 242 g/mol. The molecule has 1 fully saturated rings. The Bertz CT molecular complexity index is 342. The Morgan fingerprint density at radius 3 is 2.37 bits per heavy atom. The van der Waals surface area contributed by atoms with E-state index in [9.17, 15) is 9.59 Å². The maximum Gasteiger partial charge on any atom is 0.223 e. The minimum absolute atomic E-state index is 0.000344. The summed E-state index contributed by atoms with van der Waals surface area (Å²) in [6.45, 7) is 8.79. The highest BCUT2D eigenvalue weighted by Crippen LogP contribution is 2.44. The third-order valence-electron chi connectivity index (χ3n) is 4.62. The zero-order valence-corrected chi connectivity index (χ0v) is 12.5. The molecule has 5 nitrogen and oxygen atoms in total. The second-order valence-electron chi connectivity index (χ2n) is 6.18. The summed E-state index contributed by atoms with van der Waals surface area (Å²) in [4.78, 5) is 23.0. The molecule has 0 spiro atoms. The number of carbonyl (C=O) groups excluding carboxylic acids is 2. The number of amides is 2. The highest BCUT2D eigenvalue weighted by Gasteiger charge is 2.44. The quantitative estimate of drug-likeness (QED) is 0.655. The van der Waals surface area contributed by atoms with Crippen LogP contribution >= 0.6 is 0 Å². The van der Waals surface area contributed by atoms with E-state index in [1.807, 2.05) is 0 Å². The molecule has 1 aliphatic rings. The minimum Gasteiger partial charge on any atom is -0.355 e. The van der Waals surface area contributed by atoms with E-state index < -0.39 is 0 Å². The van der Waals surface area contributed by atoms with Crippen LogP contribution in [0, 0.1) is 17.3 Å². The van der Waals surface area contributed by atoms with Crippen LogP contribution in [0.1, 0.15) is 40.5 Å². The average Bonchev–Trinajstić information content (AvgIpc) is 2.31. The summed E-state index contributed by atoms with van der Waals surface area (Å²) < 4.78 is 0. The summed E-state index contributed by atoms with van der Waals surface area (Å²) in [5.74, 6) is 0.327. The van der Waals surface area contributed by atoms with Gasteiger partial charge in [0, 0.05) is 32.0 Å². The summed E-state index contributed by atoms with van der Waals surface area (Å²) in [5, 5.41) is 5.57. The molecule has 110 valence electrons. The second kappa shape index (κ2) is 6.37. The number of hydrogen-bond donors (Lipinski definition) is 3. The molecule has 0 bridgehead atoms. The fraction of sp³-hybridized carbons (Fsp3) is 0.857. The van der Waals surface area contributed by atoms with Gasteiger partial charge < -0.3 is 16.4 Å². The van der Waals surface area contributed by atoms with Crippen LogP contribution < -0.4 is 16.4 Å². The molecule has 5 heteroatoms. The fourth-order valence-electron chi connectivity index (χ4n) is 2.87. The third kappa shape index (κ3) is 3.93. The Morgan fingerprint density at radius 1 is 1.21 bits per heavy atom. The van der Waals surface area contributed by atoms with Crippen molar-refractivity contribution in [1.29, 1.82) is 0 Å². The van der Waals surface area contributed by atoms with Gasteiger partial charge in [0.2, 0.25) is 11.8 Å². The molecule has 1 saturated carbocycles. The predicted molar refractivity (Wildman–Crippen MR) is 75.3 cm³/mol. The van der Waals surface area contributed by atoms with Crippen LogP contribution in [0.3, 0.4) is 0 Å². The molecule has 3 atom stereocenters. The summed E-state index contributed by atoms with van der Waals surface area (Å²) in [6.07, 6.45) is 1.73. The Kier molecular flexibility index (Phi) is 5.35. The molecule has 1 rings (SSSR count). The molecule has 0 aliphatic heterocycles. The zero-order chi connectivity index (χ0) is 14.6. The van der Waals surface area contributed by atoms with Crippen LogP contribution in [-0.2, 0) is 9.59 Å². The normalized spacial score (nSPS) is 29.6. The van der Waals surface area contributed by atoms with E-state index >= 15 is 0 Å². The number of rotatable bonds is 4. The van der Waals surface area contributed by atoms with Gasteiger partial charge in [0.1, 0.15) is 0 Å². The SMILES string of the molecule is CC(=O)NCCNC(=O)C1CCC(N)C(C)C1(C)C. The molecule has 0 saturated heterocycles. The van der Waals surface area contributed by atoms with Crippen LogP contribution in [-0.4, -0.2) is 30.9 Å². The van der Waals surface area contributed by atoms with Crippen LogP contribution in [0.4, 0.5) is 0 Å². The molecule has 0 aromatic carbocycles. The maximum absolute atomic E-state index is 12.2. The van der Waals surface area contributed by atoms with E-state index in [-0.39, 0.29) is 29.2 Å². The van der Waals surface area contributed by atoms with Gasteiger partial charge in [-0.25, -0.2) is 0 Å². The van der Waals surface area contributed by atoms with Crippen molar-refractivity contribution < 1.29 is 9.59 Å². The Balaban J connectivity index is 2.49. The van der Waals surface area contributed by atoms with E-state index in [0.29, 0.717) is 19.0 Å². The van der Waals surface area contributed by atoms with Crippen molar-refractivity contribution in [3.8, 4) is 0 Å². The van der Waals surface area contributed by atoms with E-state index in [2.05, 4.69) is 31.4 Å². The minimum atomic E-state index is -0.0875. The first-order chi connectivity index (χ1) is 8.76. The Morgan fingerprint density at radius 2 is 1.79 bits per heavy atom. The summed E-state index contributed by atoms with van der Waals surface area (Å²) >= 11 is 0. The van der Waals surface area contributed by atoms with Crippen LogP contribution in [0.15, 0.2) is 0 Å². The van der Waals surface area contributed by atoms with Gasteiger partial charge in [-0.1, -0.05) is 20.8 Å². The number of nitrogens with one attached hydrogen (secondary N) is 2. The molecule has 2 amide bonds. The van der Waals surface area contributed by atoms with E-state index in [0.717, 1.165) is 12.8 Å². The van der Waals surface area contributed by atoms with Gasteiger partial charge in [-0.15, -0.1) is 0 Å². The van der Waals surface area contributed by atoms with Crippen molar-refractivity contribution in [2.24, 2.45) is 23.0 Å². The standard InChI is InChI=1S/C14H27N3O2/c1-9-12(15)6-5-11(14(9,3)4)13(19)17-8-7-16-10(2)18/h9,11-12H,5-8,15H2,1-4H3,(H,16,18)(H,17,19). The molecule has 19 heavy (non-hydrogen) atoms. The zero-order valence-electron chi connectivity index (χ0n) is 12.5. The van der Waals surface area contributed by atoms with E-state index in [1.54, 1.807) is 0 Å². The van der Waals surface area contributed by atoms with E-state index in [4.69, 9.17) is 5.73 Å². The fourth-order valence-corrected chi connectivity index (χ4v) is 2.87. The van der Waals surface area contributed by atoms with Crippen molar-refractivity contribution in [2.45, 2.75) is 46.6 Å². The van der Waals surface area contributed by atoms with Gasteiger partial charge >= 0.3 is 0 Å². The Labute approximate surface area is 115 Å². The molecular formula is C14H27N3O2. The van der Waals surface area contributed by atoms with Gasteiger partial charge in [0.05, 0.1) is 0 Å². The van der Waals surface area contributed by atoms with E-state index in [1.165, 1.54) is 6.92 Å². The number of nitrogens with two attached hydrogens (primary N) is 1. The van der Waals surface area contributed by atoms with Crippen LogP contribution in [0.2, 0.25) is 0 Å². The van der Waals surface area contributed by atoms with Crippen molar-refractivity contribution in [1.82, 2.24) is 10.6 Å². The van der Waals surface area contributed by atoms with Crippen LogP contribution in [0.25, 0.3) is 0 Å². The summed E-state index contributed by atoms with van der Waals surface area (Å²) in [7, 11) is 0. The monoisotopic (exact) mass is 269 g/mol. The first-order valence-electron chi connectivity index (χ1n) is 7.04. The molecule has 0 radical (unpaired) electrons. The molecule has 1 aliphatic carbocycles. The maximum atomic E-state index is 12.2. The lowest BCUT2D eigenvalue weighted by molar-refractivity contribution is -0.132. The lowest BCUT2D eigenvalue weighted by atomic mass is 9.61. The Hall–Kier alpha value is -1.10. The smallest absolute Gasteiger partial charge is 0.223 e. The lowest BCUT2D eigenvalue weighted by Crippen LogP contribution is -2.52. The number of hydrogen-bond acceptors (Lipinski definition) is 3. The predicted octanol–water partition coefficient (Wildman–Crippen LogP) is 0.638. The molecule has 0 aromatic heterocycles. The van der Waals surface area contributed by atoms with Gasteiger partial charge in [-0.05, 0) is 24.2 Å². The lowest BCUT2D eigenvalue weighted by Gasteiger charge is -2.46. The first kappa shape index (κ1) is 16.0. The van der Waals surface area contributed by atoms with Gasteiger partial charge in [-0.2, -0.15) is 0 Å². The summed E-state index contributed by atoms with van der Waals surface area (Å²) in [5.41, 5.74) is 6.00. The first-order valence-corrected chi connectivity index (χ1v) is 7.04. The molecule has 4 N–H and O–H groups in total. The highest BCUT2D eigenvalue weighted by molar-refractivity contribution is 5.79. The van der Waals surface area contributed by atoms with Gasteiger partial charge in [0.15, 0.2) is 0 Å². The largest absolute Gasteiger partial charge is 0.355 e. The van der Waals surface area contributed by atoms with Crippen molar-refractivity contribution in [2.75, 3.05) is 13.1 Å². The van der Waals surface area contributed by atoms with Crippen molar-refractivity contribution in [3.63, 3.8) is 0 Å². The van der Waals surface area contributed by atoms with Crippen molar-refractivity contribution >= 4 is 11.8 Å². The second-order valence-corrected chi connectivity index (χ2v) is 6.18. The van der Waals surface area contributed by atoms with Crippen molar-refractivity contribution in [3.05, 3.63) is 0 Å².